The maximum atomic E-state index is 12.8. The van der Waals surface area contributed by atoms with Crippen LogP contribution in [0.25, 0.3) is 0 Å². The molecule has 0 spiro atoms. The number of nitrogens with one attached hydrogen (secondary N) is 1. The summed E-state index contributed by atoms with van der Waals surface area (Å²) < 4.78 is 43.5. The molecule has 2 heterocycles. The van der Waals surface area contributed by atoms with E-state index in [1.165, 1.54) is 0 Å². The topological polar surface area (TPSA) is 24.5 Å². The van der Waals surface area contributed by atoms with Crippen LogP contribution in [0.2, 0.25) is 0 Å². The molecule has 1 N–H and O–H groups in total. The third-order valence-corrected chi connectivity index (χ3v) is 3.25. The molecule has 0 aliphatic carbocycles. The molecule has 94 valence electrons. The summed E-state index contributed by atoms with van der Waals surface area (Å²) in [7, 11) is 0. The molecule has 0 aromatic heterocycles. The van der Waals surface area contributed by atoms with E-state index in [0.717, 1.165) is 6.42 Å². The Morgan fingerprint density at radius 3 is 2.81 bits per heavy atom. The van der Waals surface area contributed by atoms with Crippen LogP contribution >= 0.6 is 0 Å². The van der Waals surface area contributed by atoms with E-state index in [4.69, 9.17) is 4.74 Å². The van der Waals surface area contributed by atoms with Gasteiger partial charge in [-0.25, -0.2) is 0 Å². The van der Waals surface area contributed by atoms with Gasteiger partial charge in [0.15, 0.2) is 0 Å². The summed E-state index contributed by atoms with van der Waals surface area (Å²) in [5.41, 5.74) is 0. The number of ether oxygens (including phenoxy) is 1. The van der Waals surface area contributed by atoms with Gasteiger partial charge in [-0.3, -0.25) is 4.90 Å². The first kappa shape index (κ1) is 12.1. The molecule has 16 heavy (non-hydrogen) atoms. The predicted octanol–water partition coefficient (Wildman–Crippen LogP) is 0.859. The fraction of sp³-hybridized carbons (Fsp3) is 1.00. The van der Waals surface area contributed by atoms with Crippen LogP contribution in [0.3, 0.4) is 0 Å². The second kappa shape index (κ2) is 4.89. The van der Waals surface area contributed by atoms with Crippen LogP contribution in [-0.4, -0.2) is 56.5 Å². The van der Waals surface area contributed by atoms with Gasteiger partial charge in [-0.1, -0.05) is 0 Å². The summed E-state index contributed by atoms with van der Waals surface area (Å²) in [5, 5.41) is 2.80. The largest absolute Gasteiger partial charge is 0.405 e. The minimum absolute atomic E-state index is 0.0110. The fourth-order valence-electron chi connectivity index (χ4n) is 2.35. The Morgan fingerprint density at radius 1 is 1.38 bits per heavy atom. The molecule has 2 aliphatic rings. The van der Waals surface area contributed by atoms with Crippen LogP contribution in [-0.2, 0) is 4.74 Å². The lowest BCUT2D eigenvalue weighted by atomic mass is 10.1. The van der Waals surface area contributed by atoms with Gasteiger partial charge in [-0.05, 0) is 12.3 Å². The second-order valence-corrected chi connectivity index (χ2v) is 4.49. The minimum Gasteiger partial charge on any atom is -0.381 e. The number of nitrogens with zero attached hydrogens (tertiary/aromatic N) is 1. The monoisotopic (exact) mass is 238 g/mol. The third-order valence-electron chi connectivity index (χ3n) is 3.25. The molecule has 2 saturated heterocycles. The molecule has 0 bridgehead atoms. The van der Waals surface area contributed by atoms with Crippen LogP contribution < -0.4 is 5.32 Å². The zero-order chi connectivity index (χ0) is 11.6. The molecule has 2 unspecified atom stereocenters. The number of halogens is 3. The van der Waals surface area contributed by atoms with Crippen LogP contribution in [0.5, 0.6) is 0 Å². The molecule has 6 heteroatoms. The van der Waals surface area contributed by atoms with Gasteiger partial charge in [0, 0.05) is 32.8 Å². The summed E-state index contributed by atoms with van der Waals surface area (Å²) in [4.78, 5) is 1.55. The molecular formula is C10H17F3N2O. The van der Waals surface area contributed by atoms with Crippen LogP contribution in [0.4, 0.5) is 13.2 Å². The number of hydrogen-bond donors (Lipinski definition) is 1. The van der Waals surface area contributed by atoms with Gasteiger partial charge >= 0.3 is 6.18 Å². The quantitative estimate of drug-likeness (QED) is 0.772. The molecule has 2 aliphatic heterocycles. The van der Waals surface area contributed by atoms with E-state index in [1.807, 2.05) is 0 Å². The average Bonchev–Trinajstić information content (AvgIpc) is 2.70. The van der Waals surface area contributed by atoms with Gasteiger partial charge in [0.1, 0.15) is 6.04 Å². The highest BCUT2D eigenvalue weighted by Gasteiger charge is 2.45. The lowest BCUT2D eigenvalue weighted by molar-refractivity contribution is -0.188. The van der Waals surface area contributed by atoms with Gasteiger partial charge in [0.05, 0.1) is 6.61 Å². The Kier molecular flexibility index (Phi) is 3.71. The van der Waals surface area contributed by atoms with Crippen molar-refractivity contribution in [1.29, 1.82) is 0 Å². The zero-order valence-corrected chi connectivity index (χ0v) is 9.09. The van der Waals surface area contributed by atoms with Gasteiger partial charge in [-0.15, -0.1) is 0 Å². The summed E-state index contributed by atoms with van der Waals surface area (Å²) in [6.45, 7) is 2.92. The molecule has 2 rings (SSSR count). The normalized spacial score (nSPS) is 33.2. The highest BCUT2D eigenvalue weighted by Crippen LogP contribution is 2.27. The van der Waals surface area contributed by atoms with Gasteiger partial charge in [-0.2, -0.15) is 13.2 Å². The fourth-order valence-corrected chi connectivity index (χ4v) is 2.35. The Morgan fingerprint density at radius 2 is 2.19 bits per heavy atom. The highest BCUT2D eigenvalue weighted by molar-refractivity contribution is 4.87. The summed E-state index contributed by atoms with van der Waals surface area (Å²) in [5.74, 6) is 0.267. The van der Waals surface area contributed by atoms with Crippen LogP contribution in [0, 0.1) is 5.92 Å². The maximum absolute atomic E-state index is 12.8. The predicted molar refractivity (Wildman–Crippen MR) is 53.2 cm³/mol. The van der Waals surface area contributed by atoms with Gasteiger partial charge < -0.3 is 10.1 Å². The first-order valence-corrected chi connectivity index (χ1v) is 5.66. The molecule has 2 atom stereocenters. The van der Waals surface area contributed by atoms with E-state index in [2.05, 4.69) is 5.32 Å². The first-order chi connectivity index (χ1) is 7.57. The van der Waals surface area contributed by atoms with Crippen molar-refractivity contribution < 1.29 is 17.9 Å². The van der Waals surface area contributed by atoms with Crippen molar-refractivity contribution in [2.24, 2.45) is 5.92 Å². The molecule has 0 aromatic carbocycles. The molecule has 3 nitrogen and oxygen atoms in total. The van der Waals surface area contributed by atoms with E-state index >= 15 is 0 Å². The Hall–Kier alpha value is -0.330. The van der Waals surface area contributed by atoms with E-state index < -0.39 is 12.2 Å². The highest BCUT2D eigenvalue weighted by atomic mass is 19.4. The van der Waals surface area contributed by atoms with Crippen LogP contribution in [0.15, 0.2) is 0 Å². The molecular weight excluding hydrogens is 221 g/mol. The molecule has 2 fully saturated rings. The minimum atomic E-state index is -4.13. The number of rotatable bonds is 2. The van der Waals surface area contributed by atoms with E-state index in [-0.39, 0.29) is 12.5 Å². The average molecular weight is 238 g/mol. The Labute approximate surface area is 92.9 Å². The smallest absolute Gasteiger partial charge is 0.381 e. The van der Waals surface area contributed by atoms with Crippen molar-refractivity contribution in [1.82, 2.24) is 10.2 Å². The maximum Gasteiger partial charge on any atom is 0.405 e. The van der Waals surface area contributed by atoms with Crippen LogP contribution in [0.1, 0.15) is 6.42 Å². The van der Waals surface area contributed by atoms with Gasteiger partial charge in [0.2, 0.25) is 0 Å². The van der Waals surface area contributed by atoms with E-state index in [9.17, 15) is 13.2 Å². The molecule has 0 amide bonds. The van der Waals surface area contributed by atoms with Crippen molar-refractivity contribution in [2.75, 3.05) is 39.4 Å². The number of piperazine rings is 1. The van der Waals surface area contributed by atoms with Gasteiger partial charge in [0.25, 0.3) is 0 Å². The van der Waals surface area contributed by atoms with E-state index in [1.54, 1.807) is 4.90 Å². The SMILES string of the molecule is FC(F)(F)C1CNCCN1CC1CCOC1. The molecule has 0 saturated carbocycles. The summed E-state index contributed by atoms with van der Waals surface area (Å²) in [6.07, 6.45) is -3.25. The van der Waals surface area contributed by atoms with Crippen molar-refractivity contribution in [3.63, 3.8) is 0 Å². The Bertz CT molecular complexity index is 229. The lowest BCUT2D eigenvalue weighted by Crippen LogP contribution is -2.58. The first-order valence-electron chi connectivity index (χ1n) is 5.66. The molecule has 0 radical (unpaired) electrons. The van der Waals surface area contributed by atoms with Crippen molar-refractivity contribution in [3.8, 4) is 0 Å². The van der Waals surface area contributed by atoms with E-state index in [0.29, 0.717) is 32.8 Å². The second-order valence-electron chi connectivity index (χ2n) is 4.49. The third kappa shape index (κ3) is 2.87. The number of alkyl halides is 3. The van der Waals surface area contributed by atoms with Crippen molar-refractivity contribution >= 4 is 0 Å². The molecule has 0 aromatic rings. The summed E-state index contributed by atoms with van der Waals surface area (Å²) >= 11 is 0. The lowest BCUT2D eigenvalue weighted by Gasteiger charge is -2.38. The standard InChI is InChI=1S/C10H17F3N2O/c11-10(12,13)9-5-14-2-3-15(9)6-8-1-4-16-7-8/h8-9,14H,1-7H2. The Balaban J connectivity index is 1.93. The number of hydrogen-bond acceptors (Lipinski definition) is 3. The van der Waals surface area contributed by atoms with Crippen molar-refractivity contribution in [2.45, 2.75) is 18.6 Å². The van der Waals surface area contributed by atoms with Crippen molar-refractivity contribution in [3.05, 3.63) is 0 Å². The summed E-state index contributed by atoms with van der Waals surface area (Å²) in [6, 6.07) is -1.33. The zero-order valence-electron chi connectivity index (χ0n) is 9.09.